The Bertz CT molecular complexity index is 243. The van der Waals surface area contributed by atoms with E-state index < -0.39 is 0 Å². The maximum absolute atomic E-state index is 5.65. The summed E-state index contributed by atoms with van der Waals surface area (Å²) < 4.78 is 5.65. The largest absolute Gasteiger partial charge is 0.378 e. The molecule has 2 atom stereocenters. The summed E-state index contributed by atoms with van der Waals surface area (Å²) in [5, 5.41) is 3.26. The summed E-state index contributed by atoms with van der Waals surface area (Å²) in [5.41, 5.74) is 2.61. The number of aliphatic imine (C=N–C) groups is 1. The summed E-state index contributed by atoms with van der Waals surface area (Å²) >= 11 is 0. The van der Waals surface area contributed by atoms with Crippen molar-refractivity contribution in [3.05, 3.63) is 0 Å². The molecule has 1 heterocycles. The second-order valence-electron chi connectivity index (χ2n) is 4.97. The smallest absolute Gasteiger partial charge is 0.205 e. The zero-order valence-corrected chi connectivity index (χ0v) is 11.2. The molecular weight excluding hydrogens is 216 g/mol. The molecule has 0 aliphatic carbocycles. The fourth-order valence-electron chi connectivity index (χ4n) is 2.03. The average Bonchev–Trinajstić information content (AvgIpc) is 2.76. The summed E-state index contributed by atoms with van der Waals surface area (Å²) in [5.74, 6) is 7.22. The van der Waals surface area contributed by atoms with Gasteiger partial charge in [-0.15, -0.1) is 0 Å². The molecule has 5 nitrogen and oxygen atoms in total. The number of hydrogen-bond acceptors (Lipinski definition) is 3. The van der Waals surface area contributed by atoms with Gasteiger partial charge in [-0.1, -0.05) is 20.8 Å². The van der Waals surface area contributed by atoms with Crippen LogP contribution in [0.3, 0.4) is 0 Å². The molecule has 0 bridgehead atoms. The average molecular weight is 242 g/mol. The minimum atomic E-state index is 0.381. The predicted molar refractivity (Wildman–Crippen MR) is 70.6 cm³/mol. The number of ether oxygens (including phenoxy) is 1. The molecule has 1 aliphatic rings. The van der Waals surface area contributed by atoms with Crippen molar-refractivity contribution in [3.8, 4) is 0 Å². The molecule has 0 amide bonds. The van der Waals surface area contributed by atoms with Crippen molar-refractivity contribution in [2.75, 3.05) is 19.7 Å². The number of hydrazine groups is 1. The Morgan fingerprint density at radius 1 is 1.53 bits per heavy atom. The van der Waals surface area contributed by atoms with Gasteiger partial charge in [-0.05, 0) is 18.8 Å². The Balaban J connectivity index is 2.34. The number of nitrogens with zero attached hydrogens (tertiary/aromatic N) is 1. The Hall–Kier alpha value is -0.810. The van der Waals surface area contributed by atoms with Crippen molar-refractivity contribution in [1.29, 1.82) is 0 Å². The molecule has 2 unspecified atom stereocenters. The third-order valence-corrected chi connectivity index (χ3v) is 3.03. The second-order valence-corrected chi connectivity index (χ2v) is 4.97. The number of nitrogens with two attached hydrogens (primary N) is 1. The first-order valence-electron chi connectivity index (χ1n) is 6.53. The SMILES string of the molecule is CCC1OCCC1CNC(=NCC(C)C)NN. The van der Waals surface area contributed by atoms with E-state index in [1.165, 1.54) is 0 Å². The highest BCUT2D eigenvalue weighted by molar-refractivity contribution is 5.79. The van der Waals surface area contributed by atoms with E-state index in [0.717, 1.165) is 32.5 Å². The molecule has 100 valence electrons. The highest BCUT2D eigenvalue weighted by Gasteiger charge is 2.26. The minimum Gasteiger partial charge on any atom is -0.378 e. The molecule has 1 saturated heterocycles. The topological polar surface area (TPSA) is 71.7 Å². The molecule has 1 fully saturated rings. The van der Waals surface area contributed by atoms with Crippen LogP contribution in [0.5, 0.6) is 0 Å². The fraction of sp³-hybridized carbons (Fsp3) is 0.917. The van der Waals surface area contributed by atoms with Crippen LogP contribution in [0, 0.1) is 11.8 Å². The normalized spacial score (nSPS) is 25.4. The van der Waals surface area contributed by atoms with Gasteiger partial charge in [0, 0.05) is 25.6 Å². The van der Waals surface area contributed by atoms with Gasteiger partial charge in [0.15, 0.2) is 0 Å². The van der Waals surface area contributed by atoms with Crippen LogP contribution in [-0.4, -0.2) is 31.8 Å². The summed E-state index contributed by atoms with van der Waals surface area (Å²) in [6.07, 6.45) is 2.57. The number of rotatable bonds is 5. The monoisotopic (exact) mass is 242 g/mol. The van der Waals surface area contributed by atoms with Gasteiger partial charge in [0.25, 0.3) is 0 Å². The molecule has 0 aromatic carbocycles. The van der Waals surface area contributed by atoms with Gasteiger partial charge in [0.1, 0.15) is 0 Å². The van der Waals surface area contributed by atoms with Gasteiger partial charge >= 0.3 is 0 Å². The summed E-state index contributed by atoms with van der Waals surface area (Å²) in [6.45, 7) is 8.97. The van der Waals surface area contributed by atoms with Crippen LogP contribution in [0.1, 0.15) is 33.6 Å². The van der Waals surface area contributed by atoms with Crippen molar-refractivity contribution >= 4 is 5.96 Å². The van der Waals surface area contributed by atoms with Gasteiger partial charge < -0.3 is 10.1 Å². The lowest BCUT2D eigenvalue weighted by molar-refractivity contribution is 0.0882. The minimum absolute atomic E-state index is 0.381. The number of hydrogen-bond donors (Lipinski definition) is 3. The van der Waals surface area contributed by atoms with Crippen molar-refractivity contribution < 1.29 is 4.74 Å². The van der Waals surface area contributed by atoms with E-state index in [9.17, 15) is 0 Å². The summed E-state index contributed by atoms with van der Waals surface area (Å²) in [6, 6.07) is 0. The van der Waals surface area contributed by atoms with Gasteiger partial charge in [0.05, 0.1) is 6.10 Å². The molecule has 0 saturated carbocycles. The molecule has 0 aromatic rings. The van der Waals surface area contributed by atoms with Crippen LogP contribution >= 0.6 is 0 Å². The van der Waals surface area contributed by atoms with Crippen LogP contribution in [0.15, 0.2) is 4.99 Å². The van der Waals surface area contributed by atoms with Crippen molar-refractivity contribution in [3.63, 3.8) is 0 Å². The quantitative estimate of drug-likeness (QED) is 0.289. The fourth-order valence-corrected chi connectivity index (χ4v) is 2.03. The Kier molecular flexibility index (Phi) is 6.29. The van der Waals surface area contributed by atoms with E-state index in [1.807, 2.05) is 0 Å². The molecule has 1 aliphatic heterocycles. The lowest BCUT2D eigenvalue weighted by Crippen LogP contribution is -2.44. The third kappa shape index (κ3) is 4.91. The van der Waals surface area contributed by atoms with E-state index in [2.05, 4.69) is 36.5 Å². The Morgan fingerprint density at radius 3 is 2.88 bits per heavy atom. The molecular formula is C12H26N4O. The Labute approximate surface area is 104 Å². The van der Waals surface area contributed by atoms with Crippen molar-refractivity contribution in [2.45, 2.75) is 39.7 Å². The van der Waals surface area contributed by atoms with Crippen molar-refractivity contribution in [1.82, 2.24) is 10.7 Å². The number of nitrogens with one attached hydrogen (secondary N) is 2. The molecule has 0 aromatic heterocycles. The molecule has 0 spiro atoms. The second kappa shape index (κ2) is 7.50. The number of guanidine groups is 1. The standard InChI is InChI=1S/C12H26N4O/c1-4-11-10(5-6-17-11)8-15-12(16-13)14-7-9(2)3/h9-11H,4-8,13H2,1-3H3,(H2,14,15,16). The van der Waals surface area contributed by atoms with E-state index >= 15 is 0 Å². The van der Waals surface area contributed by atoms with Gasteiger partial charge in [-0.25, -0.2) is 5.84 Å². The molecule has 17 heavy (non-hydrogen) atoms. The van der Waals surface area contributed by atoms with E-state index in [0.29, 0.717) is 23.9 Å². The van der Waals surface area contributed by atoms with Crippen LogP contribution < -0.4 is 16.6 Å². The lowest BCUT2D eigenvalue weighted by atomic mass is 10.00. The molecule has 5 heteroatoms. The molecule has 4 N–H and O–H groups in total. The van der Waals surface area contributed by atoms with Crippen LogP contribution in [-0.2, 0) is 4.74 Å². The van der Waals surface area contributed by atoms with E-state index in [-0.39, 0.29) is 0 Å². The Morgan fingerprint density at radius 2 is 2.29 bits per heavy atom. The van der Waals surface area contributed by atoms with E-state index in [4.69, 9.17) is 10.6 Å². The van der Waals surface area contributed by atoms with Gasteiger partial charge in [-0.2, -0.15) is 0 Å². The van der Waals surface area contributed by atoms with E-state index in [1.54, 1.807) is 0 Å². The summed E-state index contributed by atoms with van der Waals surface area (Å²) in [7, 11) is 0. The molecule has 0 radical (unpaired) electrons. The maximum atomic E-state index is 5.65. The van der Waals surface area contributed by atoms with Crippen LogP contribution in [0.4, 0.5) is 0 Å². The highest BCUT2D eigenvalue weighted by atomic mass is 16.5. The van der Waals surface area contributed by atoms with Gasteiger partial charge in [-0.3, -0.25) is 10.4 Å². The summed E-state index contributed by atoms with van der Waals surface area (Å²) in [4.78, 5) is 4.38. The first-order valence-corrected chi connectivity index (χ1v) is 6.53. The van der Waals surface area contributed by atoms with Crippen LogP contribution in [0.25, 0.3) is 0 Å². The zero-order chi connectivity index (χ0) is 12.7. The maximum Gasteiger partial charge on any atom is 0.205 e. The van der Waals surface area contributed by atoms with Crippen LogP contribution in [0.2, 0.25) is 0 Å². The highest BCUT2D eigenvalue weighted by Crippen LogP contribution is 2.22. The first kappa shape index (κ1) is 14.3. The predicted octanol–water partition coefficient (Wildman–Crippen LogP) is 0.866. The zero-order valence-electron chi connectivity index (χ0n) is 11.2. The first-order chi connectivity index (χ1) is 8.17. The molecule has 1 rings (SSSR count). The van der Waals surface area contributed by atoms with Crippen molar-refractivity contribution in [2.24, 2.45) is 22.7 Å². The van der Waals surface area contributed by atoms with Gasteiger partial charge in [0.2, 0.25) is 5.96 Å². The lowest BCUT2D eigenvalue weighted by Gasteiger charge is -2.18. The third-order valence-electron chi connectivity index (χ3n) is 3.03.